The molecule has 1 atom stereocenters. The molecule has 0 fully saturated rings. The van der Waals surface area contributed by atoms with Crippen LogP contribution in [0.5, 0.6) is 0 Å². The summed E-state index contributed by atoms with van der Waals surface area (Å²) >= 11 is 4.10. The van der Waals surface area contributed by atoms with Gasteiger partial charge in [-0.1, -0.05) is 13.8 Å². The van der Waals surface area contributed by atoms with Crippen LogP contribution < -0.4 is 10.6 Å². The maximum Gasteiger partial charge on any atom is 0.322 e. The average molecular weight is 276 g/mol. The van der Waals surface area contributed by atoms with Gasteiger partial charge in [-0.05, 0) is 12.3 Å². The van der Waals surface area contributed by atoms with Crippen LogP contribution in [0.4, 0.5) is 0 Å². The first-order valence-corrected chi connectivity index (χ1v) is 6.37. The molecule has 0 saturated heterocycles. The first-order valence-electron chi connectivity index (χ1n) is 5.73. The highest BCUT2D eigenvalue weighted by atomic mass is 32.1. The minimum atomic E-state index is -1.12. The second-order valence-corrected chi connectivity index (χ2v) is 4.76. The molecule has 0 aliphatic rings. The van der Waals surface area contributed by atoms with E-state index in [2.05, 4.69) is 23.3 Å². The maximum atomic E-state index is 11.7. The van der Waals surface area contributed by atoms with Crippen molar-refractivity contribution in [3.8, 4) is 0 Å². The molecule has 0 radical (unpaired) electrons. The molecule has 0 aliphatic heterocycles. The molecule has 0 bridgehead atoms. The van der Waals surface area contributed by atoms with Gasteiger partial charge < -0.3 is 15.7 Å². The van der Waals surface area contributed by atoms with Gasteiger partial charge in [-0.15, -0.1) is 0 Å². The monoisotopic (exact) mass is 276 g/mol. The third-order valence-corrected chi connectivity index (χ3v) is 2.65. The van der Waals surface area contributed by atoms with Gasteiger partial charge in [-0.25, -0.2) is 0 Å². The number of hydrogen-bond acceptors (Lipinski definition) is 4. The molecule has 7 heteroatoms. The Bertz CT molecular complexity index is 307. The largest absolute Gasteiger partial charge is 0.480 e. The van der Waals surface area contributed by atoms with Crippen molar-refractivity contribution in [3.63, 3.8) is 0 Å². The van der Waals surface area contributed by atoms with Crippen LogP contribution in [0.3, 0.4) is 0 Å². The van der Waals surface area contributed by atoms with Gasteiger partial charge in [0.2, 0.25) is 11.8 Å². The summed E-state index contributed by atoms with van der Waals surface area (Å²) in [6.45, 7) is 3.34. The summed E-state index contributed by atoms with van der Waals surface area (Å²) in [7, 11) is 0. The predicted molar refractivity (Wildman–Crippen MR) is 70.5 cm³/mol. The van der Waals surface area contributed by atoms with E-state index in [9.17, 15) is 14.4 Å². The van der Waals surface area contributed by atoms with Crippen molar-refractivity contribution in [2.75, 3.05) is 18.8 Å². The van der Waals surface area contributed by atoms with Crippen LogP contribution in [0.1, 0.15) is 20.3 Å². The molecule has 0 aromatic heterocycles. The number of carboxylic acid groups (broad SMARTS) is 1. The van der Waals surface area contributed by atoms with E-state index in [0.29, 0.717) is 18.1 Å². The van der Waals surface area contributed by atoms with Gasteiger partial charge in [-0.3, -0.25) is 14.4 Å². The zero-order valence-electron chi connectivity index (χ0n) is 10.6. The van der Waals surface area contributed by atoms with Gasteiger partial charge in [-0.2, -0.15) is 12.6 Å². The number of carbonyl (C=O) groups excluding carboxylic acids is 2. The van der Waals surface area contributed by atoms with E-state index >= 15 is 0 Å². The van der Waals surface area contributed by atoms with Gasteiger partial charge in [0.05, 0.1) is 6.54 Å². The molecule has 18 heavy (non-hydrogen) atoms. The highest BCUT2D eigenvalue weighted by Crippen LogP contribution is 2.13. The van der Waals surface area contributed by atoms with Crippen molar-refractivity contribution in [2.24, 2.45) is 11.8 Å². The van der Waals surface area contributed by atoms with Gasteiger partial charge in [0, 0.05) is 11.7 Å². The Kier molecular flexibility index (Phi) is 8.19. The van der Waals surface area contributed by atoms with Crippen molar-refractivity contribution in [3.05, 3.63) is 0 Å². The van der Waals surface area contributed by atoms with Gasteiger partial charge in [0.15, 0.2) is 0 Å². The molecule has 2 amide bonds. The normalized spacial score (nSPS) is 12.0. The van der Waals surface area contributed by atoms with E-state index in [1.165, 1.54) is 0 Å². The van der Waals surface area contributed by atoms with Gasteiger partial charge in [0.25, 0.3) is 0 Å². The summed E-state index contributed by atoms with van der Waals surface area (Å²) in [4.78, 5) is 33.1. The zero-order chi connectivity index (χ0) is 14.1. The van der Waals surface area contributed by atoms with Crippen LogP contribution in [-0.4, -0.2) is 41.7 Å². The number of aliphatic carboxylic acids is 1. The number of nitrogens with one attached hydrogen (secondary N) is 2. The van der Waals surface area contributed by atoms with E-state index in [-0.39, 0.29) is 18.4 Å². The summed E-state index contributed by atoms with van der Waals surface area (Å²) in [5.74, 6) is -1.32. The second-order valence-electron chi connectivity index (χ2n) is 4.40. The fourth-order valence-corrected chi connectivity index (χ4v) is 1.70. The molecular formula is C11H20N2O4S. The summed E-state index contributed by atoms with van der Waals surface area (Å²) in [5.41, 5.74) is 0. The van der Waals surface area contributed by atoms with E-state index in [1.807, 2.05) is 13.8 Å². The molecule has 1 unspecified atom stereocenters. The summed E-state index contributed by atoms with van der Waals surface area (Å²) in [6, 6.07) is 0. The summed E-state index contributed by atoms with van der Waals surface area (Å²) in [5, 5.41) is 13.0. The molecule has 104 valence electrons. The predicted octanol–water partition coefficient (Wildman–Crippen LogP) is -0.104. The minimum Gasteiger partial charge on any atom is -0.480 e. The lowest BCUT2D eigenvalue weighted by Crippen LogP contribution is -2.41. The number of hydrogen-bond donors (Lipinski definition) is 4. The Hall–Kier alpha value is -1.24. The van der Waals surface area contributed by atoms with Crippen molar-refractivity contribution in [1.82, 2.24) is 10.6 Å². The standard InChI is InChI=1S/C11H20N2O4S/c1-7(2)3-8(6-18)11(17)13-4-9(14)12-5-10(15)16/h7-8,18H,3-6H2,1-2H3,(H,12,14)(H,13,17)(H,15,16). The number of carbonyl (C=O) groups is 3. The number of rotatable bonds is 8. The Balaban J connectivity index is 3.99. The van der Waals surface area contributed by atoms with E-state index in [1.54, 1.807) is 0 Å². The molecule has 0 spiro atoms. The van der Waals surface area contributed by atoms with Gasteiger partial charge in [0.1, 0.15) is 6.54 Å². The molecule has 0 aromatic rings. The molecule has 0 heterocycles. The first kappa shape index (κ1) is 16.8. The van der Waals surface area contributed by atoms with Crippen LogP contribution in [0, 0.1) is 11.8 Å². The maximum absolute atomic E-state index is 11.7. The zero-order valence-corrected chi connectivity index (χ0v) is 11.5. The number of thiol groups is 1. The Morgan fingerprint density at radius 1 is 1.17 bits per heavy atom. The molecule has 0 aromatic carbocycles. The van der Waals surface area contributed by atoms with Crippen LogP contribution in [0.2, 0.25) is 0 Å². The van der Waals surface area contributed by atoms with Crippen LogP contribution in [0.25, 0.3) is 0 Å². The quantitative estimate of drug-likeness (QED) is 0.465. The number of carboxylic acids is 1. The summed E-state index contributed by atoms with van der Waals surface area (Å²) < 4.78 is 0. The Labute approximate surface area is 112 Å². The Morgan fingerprint density at radius 2 is 1.78 bits per heavy atom. The molecule has 6 nitrogen and oxygen atoms in total. The highest BCUT2D eigenvalue weighted by Gasteiger charge is 2.18. The lowest BCUT2D eigenvalue weighted by Gasteiger charge is -2.16. The fraction of sp³-hybridized carbons (Fsp3) is 0.727. The van der Waals surface area contributed by atoms with Crippen LogP contribution in [0.15, 0.2) is 0 Å². The smallest absolute Gasteiger partial charge is 0.322 e. The highest BCUT2D eigenvalue weighted by molar-refractivity contribution is 7.80. The first-order chi connectivity index (χ1) is 8.36. The molecular weight excluding hydrogens is 256 g/mol. The number of amides is 2. The van der Waals surface area contributed by atoms with E-state index in [4.69, 9.17) is 5.11 Å². The third-order valence-electron chi connectivity index (χ3n) is 2.21. The van der Waals surface area contributed by atoms with Crippen molar-refractivity contribution >= 4 is 30.4 Å². The molecule has 0 rings (SSSR count). The molecule has 0 aliphatic carbocycles. The topological polar surface area (TPSA) is 95.5 Å². The van der Waals surface area contributed by atoms with Crippen LogP contribution >= 0.6 is 12.6 Å². The summed E-state index contributed by atoms with van der Waals surface area (Å²) in [6.07, 6.45) is 0.700. The van der Waals surface area contributed by atoms with E-state index < -0.39 is 18.4 Å². The average Bonchev–Trinajstić information content (AvgIpc) is 2.29. The SMILES string of the molecule is CC(C)CC(CS)C(=O)NCC(=O)NCC(=O)O. The van der Waals surface area contributed by atoms with Gasteiger partial charge >= 0.3 is 5.97 Å². The Morgan fingerprint density at radius 3 is 2.22 bits per heavy atom. The van der Waals surface area contributed by atoms with Crippen molar-refractivity contribution < 1.29 is 19.5 Å². The van der Waals surface area contributed by atoms with Crippen LogP contribution in [-0.2, 0) is 14.4 Å². The van der Waals surface area contributed by atoms with E-state index in [0.717, 1.165) is 0 Å². The minimum absolute atomic E-state index is 0.214. The molecule has 0 saturated carbocycles. The third kappa shape index (κ3) is 7.94. The second kappa shape index (κ2) is 8.79. The van der Waals surface area contributed by atoms with Crippen molar-refractivity contribution in [2.45, 2.75) is 20.3 Å². The van der Waals surface area contributed by atoms with Crippen molar-refractivity contribution in [1.29, 1.82) is 0 Å². The fourth-order valence-electron chi connectivity index (χ4n) is 1.38. The lowest BCUT2D eigenvalue weighted by molar-refractivity contribution is -0.137. The lowest BCUT2D eigenvalue weighted by atomic mass is 9.98. The molecule has 3 N–H and O–H groups in total.